The monoisotopic (exact) mass is 206 g/mol. The van der Waals surface area contributed by atoms with Crippen LogP contribution in [0.25, 0.3) is 0 Å². The number of rotatable bonds is 1. The SMILES string of the molecule is N#CC[C@H]1COS(=O)(=O)N1C(=O)O. The van der Waals surface area contributed by atoms with E-state index in [2.05, 4.69) is 4.18 Å². The van der Waals surface area contributed by atoms with Crippen molar-refractivity contribution in [3.63, 3.8) is 0 Å². The lowest BCUT2D eigenvalue weighted by Gasteiger charge is -2.13. The van der Waals surface area contributed by atoms with Crippen molar-refractivity contribution in [3.05, 3.63) is 0 Å². The standard InChI is InChI=1S/C5H6N2O5S/c6-2-1-4-3-12-13(10,11)7(4)5(8)9/h4H,1,3H2,(H,8,9)/t4-/m0/s1. The third-order valence-electron chi connectivity index (χ3n) is 1.50. The van der Waals surface area contributed by atoms with Gasteiger partial charge in [-0.15, -0.1) is 0 Å². The third kappa shape index (κ3) is 1.71. The Balaban J connectivity index is 2.94. The highest BCUT2D eigenvalue weighted by atomic mass is 32.2. The molecular weight excluding hydrogens is 200 g/mol. The van der Waals surface area contributed by atoms with Crippen molar-refractivity contribution < 1.29 is 22.5 Å². The van der Waals surface area contributed by atoms with Crippen LogP contribution >= 0.6 is 0 Å². The van der Waals surface area contributed by atoms with Crippen LogP contribution in [-0.4, -0.2) is 36.6 Å². The van der Waals surface area contributed by atoms with Gasteiger partial charge in [0.25, 0.3) is 0 Å². The molecule has 1 amide bonds. The summed E-state index contributed by atoms with van der Waals surface area (Å²) in [6.07, 6.45) is -1.83. The molecule has 0 spiro atoms. The maximum absolute atomic E-state index is 10.9. The first-order chi connectivity index (χ1) is 5.99. The Morgan fingerprint density at radius 2 is 2.38 bits per heavy atom. The molecule has 1 fully saturated rings. The van der Waals surface area contributed by atoms with Gasteiger partial charge in [0.15, 0.2) is 0 Å². The summed E-state index contributed by atoms with van der Waals surface area (Å²) < 4.78 is 26.2. The van der Waals surface area contributed by atoms with E-state index in [0.717, 1.165) is 0 Å². The lowest BCUT2D eigenvalue weighted by molar-refractivity contribution is 0.165. The lowest BCUT2D eigenvalue weighted by Crippen LogP contribution is -2.38. The molecule has 0 unspecified atom stereocenters. The lowest BCUT2D eigenvalue weighted by atomic mass is 10.2. The van der Waals surface area contributed by atoms with Gasteiger partial charge in [0.05, 0.1) is 25.1 Å². The molecule has 72 valence electrons. The van der Waals surface area contributed by atoms with Crippen LogP contribution in [0.4, 0.5) is 4.79 Å². The Morgan fingerprint density at radius 3 is 2.85 bits per heavy atom. The first-order valence-electron chi connectivity index (χ1n) is 3.27. The molecule has 1 heterocycles. The van der Waals surface area contributed by atoms with Crippen molar-refractivity contribution >= 4 is 16.4 Å². The van der Waals surface area contributed by atoms with Crippen LogP contribution in [0.2, 0.25) is 0 Å². The molecule has 1 rings (SSSR count). The number of nitrogens with zero attached hydrogens (tertiary/aromatic N) is 2. The number of hydrogen-bond donors (Lipinski definition) is 1. The maximum atomic E-state index is 10.9. The van der Waals surface area contributed by atoms with Gasteiger partial charge in [-0.05, 0) is 0 Å². The van der Waals surface area contributed by atoms with Gasteiger partial charge in [0.1, 0.15) is 0 Å². The highest BCUT2D eigenvalue weighted by Crippen LogP contribution is 2.20. The van der Waals surface area contributed by atoms with E-state index in [-0.39, 0.29) is 17.3 Å². The normalized spacial score (nSPS) is 25.5. The summed E-state index contributed by atoms with van der Waals surface area (Å²) in [6, 6.07) is 0.759. The molecular formula is C5H6N2O5S. The first kappa shape index (κ1) is 9.76. The first-order valence-corrected chi connectivity index (χ1v) is 4.64. The van der Waals surface area contributed by atoms with Crippen LogP contribution in [0, 0.1) is 11.3 Å². The molecule has 0 aliphatic carbocycles. The molecule has 0 saturated carbocycles. The summed E-state index contributed by atoms with van der Waals surface area (Å²) in [5.74, 6) is 0. The predicted octanol–water partition coefficient (Wildman–Crippen LogP) is -0.476. The summed E-state index contributed by atoms with van der Waals surface area (Å²) in [4.78, 5) is 10.5. The third-order valence-corrected chi connectivity index (χ3v) is 2.87. The quantitative estimate of drug-likeness (QED) is 0.621. The van der Waals surface area contributed by atoms with Gasteiger partial charge in [-0.3, -0.25) is 4.18 Å². The molecule has 0 aromatic rings. The summed E-state index contributed by atoms with van der Waals surface area (Å²) in [6.45, 7) is -0.289. The number of carbonyl (C=O) groups is 1. The minimum absolute atomic E-state index is 0.163. The minimum Gasteiger partial charge on any atom is -0.464 e. The zero-order chi connectivity index (χ0) is 10.1. The zero-order valence-corrected chi connectivity index (χ0v) is 7.19. The van der Waals surface area contributed by atoms with E-state index in [9.17, 15) is 13.2 Å². The van der Waals surface area contributed by atoms with Crippen LogP contribution in [0.1, 0.15) is 6.42 Å². The van der Waals surface area contributed by atoms with E-state index in [1.165, 1.54) is 0 Å². The fraction of sp³-hybridized carbons (Fsp3) is 0.600. The molecule has 1 N–H and O–H groups in total. The van der Waals surface area contributed by atoms with Crippen LogP contribution in [0.15, 0.2) is 0 Å². The molecule has 8 heteroatoms. The average Bonchev–Trinajstić information content (AvgIpc) is 2.26. The second-order valence-corrected chi connectivity index (χ2v) is 3.82. The summed E-state index contributed by atoms with van der Waals surface area (Å²) in [5, 5.41) is 16.8. The van der Waals surface area contributed by atoms with Crippen molar-refractivity contribution in [1.29, 1.82) is 5.26 Å². The van der Waals surface area contributed by atoms with Crippen LogP contribution < -0.4 is 0 Å². The van der Waals surface area contributed by atoms with Crippen LogP contribution in [0.3, 0.4) is 0 Å². The molecule has 1 aliphatic heterocycles. The van der Waals surface area contributed by atoms with Crippen molar-refractivity contribution in [2.24, 2.45) is 0 Å². The van der Waals surface area contributed by atoms with E-state index in [1.807, 2.05) is 0 Å². The molecule has 0 aromatic carbocycles. The van der Waals surface area contributed by atoms with Gasteiger partial charge in [-0.2, -0.15) is 18.0 Å². The molecule has 1 atom stereocenters. The number of nitriles is 1. The van der Waals surface area contributed by atoms with Crippen LogP contribution in [-0.2, 0) is 14.5 Å². The van der Waals surface area contributed by atoms with Crippen molar-refractivity contribution in [2.45, 2.75) is 12.5 Å². The molecule has 0 aromatic heterocycles. The van der Waals surface area contributed by atoms with Gasteiger partial charge in [0, 0.05) is 0 Å². The second kappa shape index (κ2) is 3.20. The van der Waals surface area contributed by atoms with Crippen molar-refractivity contribution in [3.8, 4) is 6.07 Å². The molecule has 1 aliphatic rings. The second-order valence-electron chi connectivity index (χ2n) is 2.34. The largest absolute Gasteiger partial charge is 0.464 e. The highest BCUT2D eigenvalue weighted by Gasteiger charge is 2.42. The summed E-state index contributed by atoms with van der Waals surface area (Å²) >= 11 is 0. The van der Waals surface area contributed by atoms with Gasteiger partial charge in [-0.25, -0.2) is 4.79 Å². The van der Waals surface area contributed by atoms with E-state index in [4.69, 9.17) is 10.4 Å². The molecule has 1 saturated heterocycles. The number of carboxylic acid groups (broad SMARTS) is 1. The average molecular weight is 206 g/mol. The van der Waals surface area contributed by atoms with E-state index < -0.39 is 22.4 Å². The number of amides is 1. The topological polar surface area (TPSA) is 108 Å². The molecule has 0 radical (unpaired) electrons. The van der Waals surface area contributed by atoms with Gasteiger partial charge >= 0.3 is 16.4 Å². The number of hydrogen-bond acceptors (Lipinski definition) is 5. The Labute approximate surface area is 74.4 Å². The predicted molar refractivity (Wildman–Crippen MR) is 38.8 cm³/mol. The Hall–Kier alpha value is -1.33. The van der Waals surface area contributed by atoms with E-state index in [0.29, 0.717) is 0 Å². The Kier molecular flexibility index (Phi) is 2.40. The minimum atomic E-state index is -4.18. The van der Waals surface area contributed by atoms with Gasteiger partial charge < -0.3 is 5.11 Å². The van der Waals surface area contributed by atoms with Crippen molar-refractivity contribution in [2.75, 3.05) is 6.61 Å². The maximum Gasteiger partial charge on any atom is 0.423 e. The zero-order valence-electron chi connectivity index (χ0n) is 6.37. The molecule has 7 nitrogen and oxygen atoms in total. The molecule has 0 bridgehead atoms. The fourth-order valence-corrected chi connectivity index (χ4v) is 2.11. The fourth-order valence-electron chi connectivity index (χ4n) is 0.971. The summed E-state index contributed by atoms with van der Waals surface area (Å²) in [5.41, 5.74) is 0. The van der Waals surface area contributed by atoms with E-state index in [1.54, 1.807) is 6.07 Å². The van der Waals surface area contributed by atoms with Gasteiger partial charge in [0.2, 0.25) is 0 Å². The van der Waals surface area contributed by atoms with Gasteiger partial charge in [-0.1, -0.05) is 0 Å². The van der Waals surface area contributed by atoms with Crippen LogP contribution in [0.5, 0.6) is 0 Å². The summed E-state index contributed by atoms with van der Waals surface area (Å²) in [7, 11) is -4.18. The van der Waals surface area contributed by atoms with Crippen molar-refractivity contribution in [1.82, 2.24) is 4.31 Å². The highest BCUT2D eigenvalue weighted by molar-refractivity contribution is 7.85. The smallest absolute Gasteiger partial charge is 0.423 e. The molecule has 13 heavy (non-hydrogen) atoms. The Bertz CT molecular complexity index is 356. The Morgan fingerprint density at radius 1 is 1.77 bits per heavy atom. The van der Waals surface area contributed by atoms with E-state index >= 15 is 0 Å².